The molecule has 106 valence electrons. The van der Waals surface area contributed by atoms with Crippen molar-refractivity contribution < 1.29 is 22.8 Å². The van der Waals surface area contributed by atoms with E-state index in [-0.39, 0.29) is 22.8 Å². The van der Waals surface area contributed by atoms with E-state index < -0.39 is 16.0 Å². The lowest BCUT2D eigenvalue weighted by Gasteiger charge is -2.06. The lowest BCUT2D eigenvalue weighted by molar-refractivity contribution is 0.0697. The molecule has 0 saturated heterocycles. The van der Waals surface area contributed by atoms with Gasteiger partial charge in [-0.25, -0.2) is 18.2 Å². The number of hydrogen-bond donors (Lipinski definition) is 2. The molecule has 8 nitrogen and oxygen atoms in total. The minimum Gasteiger partial charge on any atom is -0.478 e. The van der Waals surface area contributed by atoms with Gasteiger partial charge in [0.2, 0.25) is 10.0 Å². The van der Waals surface area contributed by atoms with E-state index >= 15 is 0 Å². The van der Waals surface area contributed by atoms with Gasteiger partial charge in [0.1, 0.15) is 23.0 Å². The van der Waals surface area contributed by atoms with E-state index in [1.165, 1.54) is 18.3 Å². The second-order valence-electron chi connectivity index (χ2n) is 4.02. The van der Waals surface area contributed by atoms with Crippen LogP contribution in [0.1, 0.15) is 21.8 Å². The van der Waals surface area contributed by atoms with Crippen LogP contribution in [0.15, 0.2) is 28.9 Å². The lowest BCUT2D eigenvalue weighted by atomic mass is 10.3. The number of carboxylic acids is 1. The molecule has 0 fully saturated rings. The average molecular weight is 297 g/mol. The van der Waals surface area contributed by atoms with Gasteiger partial charge < -0.3 is 9.63 Å². The fourth-order valence-electron chi connectivity index (χ4n) is 1.50. The molecule has 2 heterocycles. The van der Waals surface area contributed by atoms with Gasteiger partial charge >= 0.3 is 5.97 Å². The molecule has 0 atom stereocenters. The zero-order valence-electron chi connectivity index (χ0n) is 10.4. The summed E-state index contributed by atoms with van der Waals surface area (Å²) in [5, 5.41) is 12.4. The summed E-state index contributed by atoms with van der Waals surface area (Å²) < 4.78 is 30.7. The number of sulfonamides is 1. The number of nitrogens with zero attached hydrogens (tertiary/aromatic N) is 2. The molecule has 9 heteroatoms. The van der Waals surface area contributed by atoms with E-state index in [0.29, 0.717) is 5.76 Å². The normalized spacial score (nSPS) is 11.2. The van der Waals surface area contributed by atoms with Gasteiger partial charge in [0.05, 0.1) is 5.56 Å². The Morgan fingerprint density at radius 2 is 2.20 bits per heavy atom. The fraction of sp³-hybridized carbons (Fsp3) is 0.182. The van der Waals surface area contributed by atoms with Crippen molar-refractivity contribution in [3.63, 3.8) is 0 Å². The molecule has 0 amide bonds. The Bertz CT molecular complexity index is 738. The summed E-state index contributed by atoms with van der Waals surface area (Å²) in [6, 6.07) is 3.90. The largest absolute Gasteiger partial charge is 0.478 e. The molecule has 0 aliphatic carbocycles. The van der Waals surface area contributed by atoms with Gasteiger partial charge in [0.15, 0.2) is 0 Å². The molecule has 2 aromatic rings. The van der Waals surface area contributed by atoms with Crippen LogP contribution in [-0.2, 0) is 15.8 Å². The number of anilines is 1. The van der Waals surface area contributed by atoms with E-state index in [1.54, 1.807) is 6.92 Å². The van der Waals surface area contributed by atoms with E-state index in [0.717, 1.165) is 6.07 Å². The summed E-state index contributed by atoms with van der Waals surface area (Å²) in [5.41, 5.74) is 0.194. The van der Waals surface area contributed by atoms with Crippen molar-refractivity contribution >= 4 is 21.8 Å². The molecule has 0 aromatic carbocycles. The summed E-state index contributed by atoms with van der Waals surface area (Å²) in [7, 11) is -3.74. The number of nitrogens with one attached hydrogen (secondary N) is 1. The number of carboxylic acid groups (broad SMARTS) is 1. The van der Waals surface area contributed by atoms with Gasteiger partial charge in [-0.2, -0.15) is 0 Å². The Balaban J connectivity index is 2.15. The van der Waals surface area contributed by atoms with Gasteiger partial charge in [-0.1, -0.05) is 5.16 Å². The average Bonchev–Trinajstić information content (AvgIpc) is 2.73. The highest BCUT2D eigenvalue weighted by atomic mass is 32.2. The van der Waals surface area contributed by atoms with E-state index in [9.17, 15) is 13.2 Å². The van der Waals surface area contributed by atoms with Gasteiger partial charge in [0, 0.05) is 12.3 Å². The van der Waals surface area contributed by atoms with Crippen molar-refractivity contribution in [1.29, 1.82) is 0 Å². The van der Waals surface area contributed by atoms with E-state index in [1.807, 2.05) is 0 Å². The predicted octanol–water partition coefficient (Wildman–Crippen LogP) is 1.02. The third-order valence-electron chi connectivity index (χ3n) is 2.28. The smallest absolute Gasteiger partial charge is 0.335 e. The number of hydrogen-bond acceptors (Lipinski definition) is 6. The molecule has 0 bridgehead atoms. The quantitative estimate of drug-likeness (QED) is 0.844. The van der Waals surface area contributed by atoms with Crippen LogP contribution in [0.3, 0.4) is 0 Å². The molecule has 0 aliphatic rings. The van der Waals surface area contributed by atoms with Crippen LogP contribution in [0.25, 0.3) is 0 Å². The Kier molecular flexibility index (Phi) is 3.70. The molecule has 0 saturated carbocycles. The number of aromatic nitrogens is 2. The second kappa shape index (κ2) is 5.29. The maximum atomic E-state index is 11.9. The number of aryl methyl sites for hydroxylation is 1. The summed E-state index contributed by atoms with van der Waals surface area (Å²) in [6.45, 7) is 1.65. The van der Waals surface area contributed by atoms with Crippen LogP contribution in [-0.4, -0.2) is 29.6 Å². The monoisotopic (exact) mass is 297 g/mol. The summed E-state index contributed by atoms with van der Waals surface area (Å²) in [5.74, 6) is -1.12. The highest BCUT2D eigenvalue weighted by molar-refractivity contribution is 7.91. The first-order valence-electron chi connectivity index (χ1n) is 5.48. The third-order valence-corrected chi connectivity index (χ3v) is 3.48. The Labute approximate surface area is 114 Å². The summed E-state index contributed by atoms with van der Waals surface area (Å²) >= 11 is 0. The van der Waals surface area contributed by atoms with Crippen molar-refractivity contribution in [3.05, 3.63) is 41.4 Å². The van der Waals surface area contributed by atoms with Crippen LogP contribution >= 0.6 is 0 Å². The number of pyridine rings is 1. The summed E-state index contributed by atoms with van der Waals surface area (Å²) in [4.78, 5) is 14.5. The van der Waals surface area contributed by atoms with E-state index in [4.69, 9.17) is 9.63 Å². The number of carbonyl (C=O) groups is 1. The number of rotatable bonds is 5. The Hall–Kier alpha value is -2.42. The molecule has 0 spiro atoms. The zero-order valence-corrected chi connectivity index (χ0v) is 11.2. The molecule has 0 radical (unpaired) electrons. The molecule has 2 rings (SSSR count). The van der Waals surface area contributed by atoms with Crippen molar-refractivity contribution in [1.82, 2.24) is 10.1 Å². The van der Waals surface area contributed by atoms with Crippen LogP contribution in [0.5, 0.6) is 0 Å². The first kappa shape index (κ1) is 14.0. The standard InChI is InChI=1S/C11H11N3O5S/c1-7-4-9(13-19-7)6-20(17,18)14-10-5-8(11(15)16)2-3-12-10/h2-5H,6H2,1H3,(H,12,14)(H,15,16). The molecule has 0 aliphatic heterocycles. The van der Waals surface area contributed by atoms with Gasteiger partial charge in [-0.15, -0.1) is 0 Å². The molecular weight excluding hydrogens is 286 g/mol. The zero-order chi connectivity index (χ0) is 14.8. The second-order valence-corrected chi connectivity index (χ2v) is 5.75. The van der Waals surface area contributed by atoms with Crippen molar-refractivity contribution in [3.8, 4) is 0 Å². The predicted molar refractivity (Wildman–Crippen MR) is 68.7 cm³/mol. The maximum absolute atomic E-state index is 11.9. The fourth-order valence-corrected chi connectivity index (χ4v) is 2.52. The highest BCUT2D eigenvalue weighted by Gasteiger charge is 2.16. The first-order valence-corrected chi connectivity index (χ1v) is 7.13. The topological polar surface area (TPSA) is 122 Å². The van der Waals surface area contributed by atoms with Crippen molar-refractivity contribution in [2.45, 2.75) is 12.7 Å². The Morgan fingerprint density at radius 3 is 2.80 bits per heavy atom. The number of aromatic carboxylic acids is 1. The Morgan fingerprint density at radius 1 is 1.45 bits per heavy atom. The molecule has 2 aromatic heterocycles. The van der Waals surface area contributed by atoms with Crippen LogP contribution < -0.4 is 4.72 Å². The minimum atomic E-state index is -3.74. The van der Waals surface area contributed by atoms with Gasteiger partial charge in [-0.3, -0.25) is 4.72 Å². The maximum Gasteiger partial charge on any atom is 0.335 e. The first-order chi connectivity index (χ1) is 9.35. The molecule has 2 N–H and O–H groups in total. The molecule has 0 unspecified atom stereocenters. The van der Waals surface area contributed by atoms with Crippen molar-refractivity contribution in [2.75, 3.05) is 4.72 Å². The highest BCUT2D eigenvalue weighted by Crippen LogP contribution is 2.12. The third kappa shape index (κ3) is 3.54. The minimum absolute atomic E-state index is 0.0602. The molecule has 20 heavy (non-hydrogen) atoms. The van der Waals surface area contributed by atoms with E-state index in [2.05, 4.69) is 14.9 Å². The van der Waals surface area contributed by atoms with Crippen LogP contribution in [0.4, 0.5) is 5.82 Å². The van der Waals surface area contributed by atoms with Crippen molar-refractivity contribution in [2.24, 2.45) is 0 Å². The van der Waals surface area contributed by atoms with Gasteiger partial charge in [-0.05, 0) is 19.1 Å². The molecular formula is C11H11N3O5S. The SMILES string of the molecule is Cc1cc(CS(=O)(=O)Nc2cc(C(=O)O)ccn2)no1. The van der Waals surface area contributed by atoms with Crippen LogP contribution in [0, 0.1) is 6.92 Å². The van der Waals surface area contributed by atoms with Gasteiger partial charge in [0.25, 0.3) is 0 Å². The lowest BCUT2D eigenvalue weighted by Crippen LogP contribution is -2.16. The van der Waals surface area contributed by atoms with Crippen LogP contribution in [0.2, 0.25) is 0 Å². The summed E-state index contributed by atoms with van der Waals surface area (Å²) in [6.07, 6.45) is 1.21.